The van der Waals surface area contributed by atoms with Crippen LogP contribution in [0.2, 0.25) is 0 Å². The Balaban J connectivity index is 2.92. The van der Waals surface area contributed by atoms with E-state index in [2.05, 4.69) is 10.4 Å². The summed E-state index contributed by atoms with van der Waals surface area (Å²) in [6.45, 7) is 6.03. The molecular formula is C8H10N2S. The van der Waals surface area contributed by atoms with Gasteiger partial charge in [-0.2, -0.15) is 5.26 Å². The molecule has 2 nitrogen and oxygen atoms in total. The van der Waals surface area contributed by atoms with Crippen LogP contribution in [0, 0.1) is 10.7 Å². The van der Waals surface area contributed by atoms with E-state index in [1.165, 1.54) is 17.3 Å². The Hall–Kier alpha value is -0.750. The molecule has 1 rings (SSSR count). The molecule has 0 saturated heterocycles. The number of rotatable bonds is 1. The third-order valence-corrected chi connectivity index (χ3v) is 2.76. The minimum Gasteiger partial charge on any atom is -0.281 e. The second-order valence-corrected chi connectivity index (χ2v) is 3.39. The third-order valence-electron chi connectivity index (χ3n) is 1.85. The Bertz CT molecular complexity index is 270. The number of hydrogen-bond acceptors (Lipinski definition) is 3. The minimum absolute atomic E-state index is 0.269. The first-order valence-electron chi connectivity index (χ1n) is 3.48. The van der Waals surface area contributed by atoms with Crippen LogP contribution >= 0.6 is 11.8 Å². The van der Waals surface area contributed by atoms with Gasteiger partial charge in [-0.15, -0.1) is 0 Å². The number of thiocyanates is 1. The highest BCUT2D eigenvalue weighted by Gasteiger charge is 2.18. The minimum atomic E-state index is 0.269. The lowest BCUT2D eigenvalue weighted by atomic mass is 10.2. The van der Waals surface area contributed by atoms with E-state index in [0.717, 1.165) is 10.6 Å². The number of nitrogens with zero attached hydrogens (tertiary/aromatic N) is 2. The average molecular weight is 166 g/mol. The van der Waals surface area contributed by atoms with Crippen molar-refractivity contribution in [2.24, 2.45) is 4.99 Å². The van der Waals surface area contributed by atoms with Gasteiger partial charge in [-0.1, -0.05) is 0 Å². The lowest BCUT2D eigenvalue weighted by molar-refractivity contribution is 0.883. The molecule has 1 atom stereocenters. The Morgan fingerprint density at radius 3 is 2.55 bits per heavy atom. The lowest BCUT2D eigenvalue weighted by Gasteiger charge is -1.99. The molecule has 58 valence electrons. The predicted octanol–water partition coefficient (Wildman–Crippen LogP) is 2.34. The molecule has 0 amide bonds. The van der Waals surface area contributed by atoms with Crippen LogP contribution in [0.3, 0.4) is 0 Å². The first-order valence-corrected chi connectivity index (χ1v) is 4.30. The van der Waals surface area contributed by atoms with Crippen molar-refractivity contribution in [2.45, 2.75) is 26.8 Å². The van der Waals surface area contributed by atoms with Gasteiger partial charge < -0.3 is 0 Å². The zero-order chi connectivity index (χ0) is 8.43. The van der Waals surface area contributed by atoms with E-state index < -0.39 is 0 Å². The summed E-state index contributed by atoms with van der Waals surface area (Å²) in [6.07, 6.45) is 0. The van der Waals surface area contributed by atoms with E-state index >= 15 is 0 Å². The monoisotopic (exact) mass is 166 g/mol. The van der Waals surface area contributed by atoms with Gasteiger partial charge in [0.15, 0.2) is 0 Å². The van der Waals surface area contributed by atoms with Crippen molar-refractivity contribution in [1.29, 1.82) is 5.26 Å². The van der Waals surface area contributed by atoms with Crippen molar-refractivity contribution in [3.8, 4) is 5.40 Å². The molecule has 0 aromatic rings. The number of nitriles is 1. The molecule has 0 radical (unpaired) electrons. The van der Waals surface area contributed by atoms with E-state index in [9.17, 15) is 0 Å². The zero-order valence-electron chi connectivity index (χ0n) is 6.88. The number of allylic oxidation sites excluding steroid dienone is 1. The summed E-state index contributed by atoms with van der Waals surface area (Å²) in [6, 6.07) is 0.269. The molecule has 1 aliphatic rings. The summed E-state index contributed by atoms with van der Waals surface area (Å²) < 4.78 is 0. The molecule has 0 spiro atoms. The Kier molecular flexibility index (Phi) is 2.35. The van der Waals surface area contributed by atoms with E-state index in [4.69, 9.17) is 5.26 Å². The van der Waals surface area contributed by atoms with E-state index in [-0.39, 0.29) is 6.04 Å². The molecule has 0 N–H and O–H groups in total. The second kappa shape index (κ2) is 3.10. The van der Waals surface area contributed by atoms with Crippen LogP contribution in [0.25, 0.3) is 0 Å². The molecule has 0 aliphatic carbocycles. The highest BCUT2D eigenvalue weighted by atomic mass is 32.2. The van der Waals surface area contributed by atoms with Gasteiger partial charge in [0, 0.05) is 10.6 Å². The molecule has 1 heterocycles. The van der Waals surface area contributed by atoms with Crippen LogP contribution in [-0.2, 0) is 0 Å². The van der Waals surface area contributed by atoms with Gasteiger partial charge in [-0.3, -0.25) is 4.99 Å². The molecule has 11 heavy (non-hydrogen) atoms. The summed E-state index contributed by atoms with van der Waals surface area (Å²) in [5.41, 5.74) is 2.22. The maximum atomic E-state index is 8.47. The summed E-state index contributed by atoms with van der Waals surface area (Å²) in [4.78, 5) is 5.40. The van der Waals surface area contributed by atoms with E-state index in [1.807, 2.05) is 20.8 Å². The standard InChI is InChI=1S/C8H10N2S/c1-5-6(2)10-7(3)8(5)11-4-9/h6H,1-3H3. The Labute approximate surface area is 71.0 Å². The molecule has 0 fully saturated rings. The van der Waals surface area contributed by atoms with Crippen LogP contribution in [-0.4, -0.2) is 11.8 Å². The topological polar surface area (TPSA) is 36.1 Å². The van der Waals surface area contributed by atoms with Gasteiger partial charge in [0.25, 0.3) is 0 Å². The van der Waals surface area contributed by atoms with Crippen molar-refractivity contribution in [3.05, 3.63) is 10.5 Å². The van der Waals surface area contributed by atoms with Crippen LogP contribution in [0.15, 0.2) is 15.5 Å². The maximum absolute atomic E-state index is 8.47. The van der Waals surface area contributed by atoms with E-state index in [0.29, 0.717) is 0 Å². The quantitative estimate of drug-likeness (QED) is 0.560. The molecule has 3 heteroatoms. The normalized spacial score (nSPS) is 23.5. The van der Waals surface area contributed by atoms with Gasteiger partial charge >= 0.3 is 0 Å². The lowest BCUT2D eigenvalue weighted by Crippen LogP contribution is -1.93. The Morgan fingerprint density at radius 2 is 2.18 bits per heavy atom. The first kappa shape index (κ1) is 8.35. The number of aliphatic imine (C=N–C) groups is 1. The second-order valence-electron chi connectivity index (χ2n) is 2.60. The van der Waals surface area contributed by atoms with Crippen LogP contribution in [0.4, 0.5) is 0 Å². The van der Waals surface area contributed by atoms with E-state index in [1.54, 1.807) is 0 Å². The van der Waals surface area contributed by atoms with Crippen LogP contribution in [0.5, 0.6) is 0 Å². The van der Waals surface area contributed by atoms with Crippen LogP contribution in [0.1, 0.15) is 20.8 Å². The van der Waals surface area contributed by atoms with Gasteiger partial charge in [-0.05, 0) is 38.1 Å². The van der Waals surface area contributed by atoms with Crippen LogP contribution < -0.4 is 0 Å². The largest absolute Gasteiger partial charge is 0.281 e. The molecule has 0 saturated carbocycles. The molecule has 0 bridgehead atoms. The highest BCUT2D eigenvalue weighted by molar-refractivity contribution is 8.08. The Morgan fingerprint density at radius 1 is 1.55 bits per heavy atom. The fourth-order valence-corrected chi connectivity index (χ4v) is 1.74. The van der Waals surface area contributed by atoms with Crippen molar-refractivity contribution < 1.29 is 0 Å². The summed E-state index contributed by atoms with van der Waals surface area (Å²) >= 11 is 1.21. The average Bonchev–Trinajstić information content (AvgIpc) is 2.17. The van der Waals surface area contributed by atoms with Gasteiger partial charge in [0.2, 0.25) is 0 Å². The van der Waals surface area contributed by atoms with Crippen molar-refractivity contribution >= 4 is 17.5 Å². The molecule has 1 unspecified atom stereocenters. The first-order chi connectivity index (χ1) is 5.16. The predicted molar refractivity (Wildman–Crippen MR) is 48.5 cm³/mol. The van der Waals surface area contributed by atoms with Crippen molar-refractivity contribution in [1.82, 2.24) is 0 Å². The molecule has 1 aliphatic heterocycles. The molecule has 0 aromatic carbocycles. The highest BCUT2D eigenvalue weighted by Crippen LogP contribution is 2.29. The molecule has 0 aromatic heterocycles. The maximum Gasteiger partial charge on any atom is 0.138 e. The SMILES string of the molecule is CC1=NC(C)C(C)=C1SC#N. The number of hydrogen-bond donors (Lipinski definition) is 0. The summed E-state index contributed by atoms with van der Waals surface area (Å²) in [5, 5.41) is 10.5. The van der Waals surface area contributed by atoms with Gasteiger partial charge in [-0.25, -0.2) is 0 Å². The number of thioether (sulfide) groups is 1. The fraction of sp³-hybridized carbons (Fsp3) is 0.500. The third kappa shape index (κ3) is 1.46. The smallest absolute Gasteiger partial charge is 0.138 e. The summed E-state index contributed by atoms with van der Waals surface area (Å²) in [7, 11) is 0. The fourth-order valence-electron chi connectivity index (χ4n) is 1.12. The zero-order valence-corrected chi connectivity index (χ0v) is 7.70. The van der Waals surface area contributed by atoms with Gasteiger partial charge in [0.05, 0.1) is 6.04 Å². The van der Waals surface area contributed by atoms with Crippen molar-refractivity contribution in [2.75, 3.05) is 0 Å². The summed E-state index contributed by atoms with van der Waals surface area (Å²) in [5.74, 6) is 0. The van der Waals surface area contributed by atoms with Crippen molar-refractivity contribution in [3.63, 3.8) is 0 Å². The van der Waals surface area contributed by atoms with Gasteiger partial charge in [0.1, 0.15) is 5.40 Å². The molecular weight excluding hydrogens is 156 g/mol.